The van der Waals surface area contributed by atoms with Crippen LogP contribution in [0.25, 0.3) is 0 Å². The van der Waals surface area contributed by atoms with Gasteiger partial charge < -0.3 is 11.1 Å². The Kier molecular flexibility index (Phi) is 8.46. The minimum Gasteiger partial charge on any atom is -0.327 e. The zero-order chi connectivity index (χ0) is 10.1. The van der Waals surface area contributed by atoms with Crippen molar-refractivity contribution in [1.82, 2.24) is 5.32 Å². The van der Waals surface area contributed by atoms with Crippen molar-refractivity contribution >= 4 is 0 Å². The maximum absolute atomic E-state index is 5.93. The minimum atomic E-state index is 0.335. The highest BCUT2D eigenvalue weighted by Crippen LogP contribution is 2.01. The fourth-order valence-corrected chi connectivity index (χ4v) is 1.48. The molecule has 1 unspecified atom stereocenters. The van der Waals surface area contributed by atoms with Gasteiger partial charge in [-0.1, -0.05) is 33.6 Å². The van der Waals surface area contributed by atoms with Crippen LogP contribution in [0.15, 0.2) is 0 Å². The van der Waals surface area contributed by atoms with Gasteiger partial charge in [-0.25, -0.2) is 0 Å². The lowest BCUT2D eigenvalue weighted by Gasteiger charge is -2.14. The minimum absolute atomic E-state index is 0.335. The summed E-state index contributed by atoms with van der Waals surface area (Å²) in [6, 6.07) is 0.335. The van der Waals surface area contributed by atoms with E-state index in [1.165, 1.54) is 19.3 Å². The van der Waals surface area contributed by atoms with Gasteiger partial charge in [0.1, 0.15) is 0 Å². The molecule has 80 valence electrons. The Morgan fingerprint density at radius 2 is 1.92 bits per heavy atom. The number of rotatable bonds is 8. The summed E-state index contributed by atoms with van der Waals surface area (Å²) in [6.07, 6.45) is 5.03. The summed E-state index contributed by atoms with van der Waals surface area (Å²) in [6.45, 7) is 8.76. The standard InChI is InChI=1S/C11H26N2/c1-4-5-6-7-13-9-11(12)8-10(2)3/h10-11,13H,4-9,12H2,1-3H3. The van der Waals surface area contributed by atoms with Gasteiger partial charge in [0.05, 0.1) is 0 Å². The second-order valence-corrected chi connectivity index (χ2v) is 4.30. The number of hydrogen-bond acceptors (Lipinski definition) is 2. The fraction of sp³-hybridized carbons (Fsp3) is 1.00. The van der Waals surface area contributed by atoms with Crippen LogP contribution in [-0.2, 0) is 0 Å². The summed E-state index contributed by atoms with van der Waals surface area (Å²) in [5.74, 6) is 0.715. The quantitative estimate of drug-likeness (QED) is 0.570. The highest BCUT2D eigenvalue weighted by atomic mass is 14.9. The molecule has 0 saturated carbocycles. The Bertz CT molecular complexity index is 102. The van der Waals surface area contributed by atoms with Gasteiger partial charge in [-0.15, -0.1) is 0 Å². The number of hydrogen-bond donors (Lipinski definition) is 2. The second kappa shape index (κ2) is 8.52. The highest BCUT2D eigenvalue weighted by Gasteiger charge is 2.03. The van der Waals surface area contributed by atoms with Gasteiger partial charge >= 0.3 is 0 Å². The van der Waals surface area contributed by atoms with Crippen molar-refractivity contribution < 1.29 is 0 Å². The Balaban J connectivity index is 3.12. The molecule has 0 rings (SSSR count). The van der Waals surface area contributed by atoms with Gasteiger partial charge in [0.15, 0.2) is 0 Å². The number of nitrogens with two attached hydrogens (primary N) is 1. The molecule has 0 bridgehead atoms. The summed E-state index contributed by atoms with van der Waals surface area (Å²) >= 11 is 0. The Morgan fingerprint density at radius 1 is 1.23 bits per heavy atom. The van der Waals surface area contributed by atoms with E-state index in [9.17, 15) is 0 Å². The first-order valence-electron chi connectivity index (χ1n) is 5.63. The summed E-state index contributed by atoms with van der Waals surface area (Å²) in [5.41, 5.74) is 5.93. The van der Waals surface area contributed by atoms with Gasteiger partial charge in [0.25, 0.3) is 0 Å². The molecule has 2 nitrogen and oxygen atoms in total. The van der Waals surface area contributed by atoms with Gasteiger partial charge in [0, 0.05) is 12.6 Å². The number of unbranched alkanes of at least 4 members (excludes halogenated alkanes) is 2. The third kappa shape index (κ3) is 9.84. The first kappa shape index (κ1) is 12.9. The average Bonchev–Trinajstić information content (AvgIpc) is 2.02. The van der Waals surface area contributed by atoms with Crippen LogP contribution >= 0.6 is 0 Å². The van der Waals surface area contributed by atoms with E-state index < -0.39 is 0 Å². The van der Waals surface area contributed by atoms with Crippen LogP contribution in [0.2, 0.25) is 0 Å². The monoisotopic (exact) mass is 186 g/mol. The molecule has 2 heteroatoms. The Morgan fingerprint density at radius 3 is 2.46 bits per heavy atom. The van der Waals surface area contributed by atoms with E-state index >= 15 is 0 Å². The highest BCUT2D eigenvalue weighted by molar-refractivity contribution is 4.66. The van der Waals surface area contributed by atoms with E-state index in [2.05, 4.69) is 26.1 Å². The zero-order valence-electron chi connectivity index (χ0n) is 9.47. The lowest BCUT2D eigenvalue weighted by molar-refractivity contribution is 0.464. The van der Waals surface area contributed by atoms with Crippen LogP contribution in [0.3, 0.4) is 0 Å². The summed E-state index contributed by atoms with van der Waals surface area (Å²) < 4.78 is 0. The van der Waals surface area contributed by atoms with Crippen molar-refractivity contribution in [3.63, 3.8) is 0 Å². The van der Waals surface area contributed by atoms with E-state index in [1.807, 2.05) is 0 Å². The molecule has 13 heavy (non-hydrogen) atoms. The molecule has 0 aromatic carbocycles. The lowest BCUT2D eigenvalue weighted by Crippen LogP contribution is -2.35. The van der Waals surface area contributed by atoms with Crippen LogP contribution in [0, 0.1) is 5.92 Å². The average molecular weight is 186 g/mol. The Labute approximate surface area is 83.3 Å². The van der Waals surface area contributed by atoms with Gasteiger partial charge in [-0.2, -0.15) is 0 Å². The Hall–Kier alpha value is -0.0800. The molecule has 0 aromatic rings. The summed E-state index contributed by atoms with van der Waals surface area (Å²) in [7, 11) is 0. The van der Waals surface area contributed by atoms with Crippen LogP contribution in [0.5, 0.6) is 0 Å². The second-order valence-electron chi connectivity index (χ2n) is 4.30. The normalized spacial score (nSPS) is 13.6. The van der Waals surface area contributed by atoms with Crippen molar-refractivity contribution in [1.29, 1.82) is 0 Å². The molecular weight excluding hydrogens is 160 g/mol. The zero-order valence-corrected chi connectivity index (χ0v) is 9.47. The fourth-order valence-electron chi connectivity index (χ4n) is 1.48. The maximum Gasteiger partial charge on any atom is 0.0167 e. The summed E-state index contributed by atoms with van der Waals surface area (Å²) in [5, 5.41) is 3.40. The van der Waals surface area contributed by atoms with Crippen molar-refractivity contribution in [2.45, 2.75) is 52.5 Å². The van der Waals surface area contributed by atoms with Crippen LogP contribution < -0.4 is 11.1 Å². The first-order valence-corrected chi connectivity index (χ1v) is 5.63. The molecular formula is C11H26N2. The molecule has 0 radical (unpaired) electrons. The molecule has 0 saturated heterocycles. The maximum atomic E-state index is 5.93. The van der Waals surface area contributed by atoms with Crippen LogP contribution in [-0.4, -0.2) is 19.1 Å². The van der Waals surface area contributed by atoms with Crippen LogP contribution in [0.4, 0.5) is 0 Å². The van der Waals surface area contributed by atoms with E-state index in [0.29, 0.717) is 12.0 Å². The van der Waals surface area contributed by atoms with E-state index in [4.69, 9.17) is 5.73 Å². The molecule has 3 N–H and O–H groups in total. The predicted molar refractivity (Wildman–Crippen MR) is 59.8 cm³/mol. The predicted octanol–water partition coefficient (Wildman–Crippen LogP) is 2.14. The largest absolute Gasteiger partial charge is 0.327 e. The molecule has 0 aliphatic heterocycles. The van der Waals surface area contributed by atoms with E-state index in [0.717, 1.165) is 19.5 Å². The molecule has 0 aromatic heterocycles. The van der Waals surface area contributed by atoms with E-state index in [1.54, 1.807) is 0 Å². The third-order valence-corrected chi connectivity index (χ3v) is 2.14. The third-order valence-electron chi connectivity index (χ3n) is 2.14. The molecule has 0 aliphatic rings. The van der Waals surface area contributed by atoms with E-state index in [-0.39, 0.29) is 0 Å². The van der Waals surface area contributed by atoms with Gasteiger partial charge in [0.2, 0.25) is 0 Å². The first-order chi connectivity index (χ1) is 6.16. The molecule has 0 spiro atoms. The van der Waals surface area contributed by atoms with Crippen molar-refractivity contribution in [3.8, 4) is 0 Å². The SMILES string of the molecule is CCCCCNCC(N)CC(C)C. The van der Waals surface area contributed by atoms with Crippen molar-refractivity contribution in [2.24, 2.45) is 11.7 Å². The molecule has 0 fully saturated rings. The molecule has 0 heterocycles. The lowest BCUT2D eigenvalue weighted by atomic mass is 10.0. The molecule has 0 aliphatic carbocycles. The summed E-state index contributed by atoms with van der Waals surface area (Å²) in [4.78, 5) is 0. The molecule has 0 amide bonds. The van der Waals surface area contributed by atoms with Crippen molar-refractivity contribution in [2.75, 3.05) is 13.1 Å². The van der Waals surface area contributed by atoms with Gasteiger partial charge in [-0.3, -0.25) is 0 Å². The van der Waals surface area contributed by atoms with Crippen LogP contribution in [0.1, 0.15) is 46.5 Å². The van der Waals surface area contributed by atoms with Crippen molar-refractivity contribution in [3.05, 3.63) is 0 Å². The number of nitrogens with one attached hydrogen (secondary N) is 1. The topological polar surface area (TPSA) is 38.0 Å². The molecule has 1 atom stereocenters. The smallest absolute Gasteiger partial charge is 0.0167 e. The van der Waals surface area contributed by atoms with Gasteiger partial charge in [-0.05, 0) is 25.3 Å².